The minimum Gasteiger partial charge on any atom is -0.378 e. The van der Waals surface area contributed by atoms with Gasteiger partial charge in [-0.2, -0.15) is 0 Å². The van der Waals surface area contributed by atoms with E-state index in [-0.39, 0.29) is 12.1 Å². The minimum absolute atomic E-state index is 0.0208. The Balaban J connectivity index is 1.58. The number of thiocarbonyl (C=S) groups is 1. The van der Waals surface area contributed by atoms with Gasteiger partial charge in [-0.15, -0.1) is 0 Å². The van der Waals surface area contributed by atoms with Gasteiger partial charge >= 0.3 is 0 Å². The molecular formula is C26H25N5S. The molecule has 1 aliphatic heterocycles. The van der Waals surface area contributed by atoms with Crippen LogP contribution in [-0.2, 0) is 0 Å². The summed E-state index contributed by atoms with van der Waals surface area (Å²) in [6.07, 6.45) is 6.13. The van der Waals surface area contributed by atoms with E-state index in [4.69, 9.17) is 12.2 Å². The molecule has 0 amide bonds. The Morgan fingerprint density at radius 2 is 1.62 bits per heavy atom. The van der Waals surface area contributed by atoms with Gasteiger partial charge in [0.05, 0.1) is 17.8 Å². The lowest BCUT2D eigenvalue weighted by Crippen LogP contribution is -2.29. The Labute approximate surface area is 193 Å². The molecule has 1 aliphatic rings. The summed E-state index contributed by atoms with van der Waals surface area (Å²) in [7, 11) is 4.09. The summed E-state index contributed by atoms with van der Waals surface area (Å²) in [5, 5.41) is 4.23. The Morgan fingerprint density at radius 3 is 2.31 bits per heavy atom. The molecule has 2 atom stereocenters. The molecule has 2 aromatic carbocycles. The maximum absolute atomic E-state index is 5.83. The number of nitrogens with one attached hydrogen (secondary N) is 1. The molecule has 0 radical (unpaired) electrons. The summed E-state index contributed by atoms with van der Waals surface area (Å²) in [5.74, 6) is 0. The third-order valence-corrected chi connectivity index (χ3v) is 6.17. The first kappa shape index (κ1) is 20.3. The van der Waals surface area contributed by atoms with E-state index in [1.54, 1.807) is 0 Å². The second-order valence-corrected chi connectivity index (χ2v) is 8.48. The Morgan fingerprint density at radius 1 is 0.875 bits per heavy atom. The molecule has 1 N–H and O–H groups in total. The van der Waals surface area contributed by atoms with Gasteiger partial charge in [-0.1, -0.05) is 24.3 Å². The molecule has 160 valence electrons. The van der Waals surface area contributed by atoms with Crippen LogP contribution in [0.3, 0.4) is 0 Å². The number of anilines is 2. The van der Waals surface area contributed by atoms with Crippen LogP contribution in [0.2, 0.25) is 0 Å². The van der Waals surface area contributed by atoms with E-state index in [1.807, 2.05) is 38.5 Å². The molecule has 4 aromatic rings. The summed E-state index contributed by atoms with van der Waals surface area (Å²) in [4.78, 5) is 8.94. The van der Waals surface area contributed by atoms with E-state index in [9.17, 15) is 0 Å². The maximum Gasteiger partial charge on any atom is 0.174 e. The van der Waals surface area contributed by atoms with Crippen molar-refractivity contribution >= 4 is 28.7 Å². The van der Waals surface area contributed by atoms with E-state index in [2.05, 4.69) is 97.7 Å². The first-order valence-corrected chi connectivity index (χ1v) is 11.0. The lowest BCUT2D eigenvalue weighted by molar-refractivity contribution is 0.568. The SMILES string of the molecule is CN(C)c1ccc(N2C(=S)NC(c3ccccn3)C2c2ccn(-c3ccccc3)c2)cc1. The van der Waals surface area contributed by atoms with E-state index in [0.717, 1.165) is 22.8 Å². The molecule has 3 heterocycles. The summed E-state index contributed by atoms with van der Waals surface area (Å²) < 4.78 is 2.15. The van der Waals surface area contributed by atoms with Crippen molar-refractivity contribution in [2.75, 3.05) is 23.9 Å². The van der Waals surface area contributed by atoms with Crippen LogP contribution in [0.15, 0.2) is 97.5 Å². The Kier molecular flexibility index (Phi) is 5.37. The zero-order valence-corrected chi connectivity index (χ0v) is 18.9. The van der Waals surface area contributed by atoms with Crippen molar-refractivity contribution in [2.24, 2.45) is 0 Å². The minimum atomic E-state index is -0.0520. The van der Waals surface area contributed by atoms with Crippen LogP contribution >= 0.6 is 12.2 Å². The normalized spacial score (nSPS) is 17.9. The molecule has 5 nitrogen and oxygen atoms in total. The lowest BCUT2D eigenvalue weighted by Gasteiger charge is -2.27. The standard InChI is InChI=1S/C26H25N5S/c1-29(2)20-11-13-22(14-12-20)31-25(24(28-26(31)32)23-10-6-7-16-27-23)19-15-17-30(18-19)21-8-4-3-5-9-21/h3-18,24-25H,1-2H3,(H,28,32). The number of hydrogen-bond donors (Lipinski definition) is 1. The number of para-hydroxylation sites is 1. The van der Waals surface area contributed by atoms with Crippen LogP contribution in [0.4, 0.5) is 11.4 Å². The van der Waals surface area contributed by atoms with Crippen LogP contribution in [0.1, 0.15) is 23.3 Å². The highest BCUT2D eigenvalue weighted by Gasteiger charge is 2.41. The average Bonchev–Trinajstić information content (AvgIpc) is 3.45. The molecule has 6 heteroatoms. The topological polar surface area (TPSA) is 36.3 Å². The summed E-state index contributed by atoms with van der Waals surface area (Å²) >= 11 is 5.83. The van der Waals surface area contributed by atoms with Gasteiger partial charge in [-0.25, -0.2) is 0 Å². The van der Waals surface area contributed by atoms with Crippen LogP contribution in [0.5, 0.6) is 0 Å². The Bertz CT molecular complexity index is 1200. The van der Waals surface area contributed by atoms with Crippen LogP contribution < -0.4 is 15.1 Å². The summed E-state index contributed by atoms with van der Waals surface area (Å²) in [6.45, 7) is 0. The fourth-order valence-corrected chi connectivity index (χ4v) is 4.58. The van der Waals surface area contributed by atoms with Crippen molar-refractivity contribution < 1.29 is 0 Å². The van der Waals surface area contributed by atoms with E-state index < -0.39 is 0 Å². The predicted molar refractivity (Wildman–Crippen MR) is 134 cm³/mol. The zero-order chi connectivity index (χ0) is 22.1. The van der Waals surface area contributed by atoms with E-state index in [0.29, 0.717) is 5.11 Å². The number of nitrogens with zero attached hydrogens (tertiary/aromatic N) is 4. The van der Waals surface area contributed by atoms with Crippen molar-refractivity contribution in [3.05, 3.63) is 109 Å². The molecule has 1 fully saturated rings. The lowest BCUT2D eigenvalue weighted by atomic mass is 9.98. The molecule has 0 bridgehead atoms. The van der Waals surface area contributed by atoms with E-state index >= 15 is 0 Å². The van der Waals surface area contributed by atoms with Crippen molar-refractivity contribution in [1.29, 1.82) is 0 Å². The number of pyridine rings is 1. The average molecular weight is 440 g/mol. The van der Waals surface area contributed by atoms with Crippen molar-refractivity contribution in [3.8, 4) is 5.69 Å². The molecule has 32 heavy (non-hydrogen) atoms. The second kappa shape index (κ2) is 8.48. The number of benzene rings is 2. The zero-order valence-electron chi connectivity index (χ0n) is 18.1. The fourth-order valence-electron chi connectivity index (χ4n) is 4.23. The number of hydrogen-bond acceptors (Lipinski definition) is 3. The molecule has 2 aromatic heterocycles. The van der Waals surface area contributed by atoms with Gasteiger partial charge in [0.2, 0.25) is 0 Å². The van der Waals surface area contributed by atoms with Gasteiger partial charge in [-0.3, -0.25) is 4.98 Å². The van der Waals surface area contributed by atoms with Gasteiger partial charge in [-0.05, 0) is 72.4 Å². The smallest absolute Gasteiger partial charge is 0.174 e. The van der Waals surface area contributed by atoms with Crippen LogP contribution in [0.25, 0.3) is 5.69 Å². The largest absolute Gasteiger partial charge is 0.378 e. The van der Waals surface area contributed by atoms with E-state index in [1.165, 1.54) is 5.56 Å². The quantitative estimate of drug-likeness (QED) is 0.437. The molecule has 5 rings (SSSR count). The highest BCUT2D eigenvalue weighted by Crippen LogP contribution is 2.42. The molecule has 0 spiro atoms. The van der Waals surface area contributed by atoms with Gasteiger partial charge in [0.25, 0.3) is 0 Å². The highest BCUT2D eigenvalue weighted by molar-refractivity contribution is 7.80. The highest BCUT2D eigenvalue weighted by atomic mass is 32.1. The predicted octanol–water partition coefficient (Wildman–Crippen LogP) is 5.12. The first-order valence-electron chi connectivity index (χ1n) is 10.6. The van der Waals surface area contributed by atoms with Gasteiger partial charge in [0.1, 0.15) is 0 Å². The third-order valence-electron chi connectivity index (χ3n) is 5.85. The van der Waals surface area contributed by atoms with Crippen molar-refractivity contribution in [2.45, 2.75) is 12.1 Å². The van der Waals surface area contributed by atoms with Crippen molar-refractivity contribution in [3.63, 3.8) is 0 Å². The van der Waals surface area contributed by atoms with Gasteiger partial charge in [0, 0.05) is 49.7 Å². The number of rotatable bonds is 5. The molecular weight excluding hydrogens is 414 g/mol. The summed E-state index contributed by atoms with van der Waals surface area (Å²) in [5.41, 5.74) is 5.49. The second-order valence-electron chi connectivity index (χ2n) is 8.10. The van der Waals surface area contributed by atoms with Crippen molar-refractivity contribution in [1.82, 2.24) is 14.9 Å². The Hall–Kier alpha value is -3.64. The molecule has 0 saturated carbocycles. The third kappa shape index (κ3) is 3.74. The molecule has 0 aliphatic carbocycles. The van der Waals surface area contributed by atoms with Gasteiger partial charge < -0.3 is 19.7 Å². The summed E-state index contributed by atoms with van der Waals surface area (Å²) in [6, 6.07) is 27.0. The maximum atomic E-state index is 5.83. The van der Waals surface area contributed by atoms with Crippen LogP contribution in [0, 0.1) is 0 Å². The van der Waals surface area contributed by atoms with Gasteiger partial charge in [0.15, 0.2) is 5.11 Å². The fraction of sp³-hybridized carbons (Fsp3) is 0.154. The molecule has 2 unspecified atom stereocenters. The number of aromatic nitrogens is 2. The monoisotopic (exact) mass is 439 g/mol. The molecule has 1 saturated heterocycles. The van der Waals surface area contributed by atoms with Crippen LogP contribution in [-0.4, -0.2) is 28.8 Å². The first-order chi connectivity index (χ1) is 15.6.